The van der Waals surface area contributed by atoms with Crippen LogP contribution >= 0.6 is 0 Å². The van der Waals surface area contributed by atoms with E-state index in [9.17, 15) is 14.7 Å². The molecule has 5 atom stereocenters. The van der Waals surface area contributed by atoms with Crippen LogP contribution in [0.2, 0.25) is 0 Å². The summed E-state index contributed by atoms with van der Waals surface area (Å²) in [7, 11) is 0. The van der Waals surface area contributed by atoms with Crippen molar-refractivity contribution in [3.63, 3.8) is 0 Å². The Morgan fingerprint density at radius 3 is 2.56 bits per heavy atom. The highest BCUT2D eigenvalue weighted by molar-refractivity contribution is 5.82. The number of ether oxygens (including phenoxy) is 1. The minimum atomic E-state index is -0.806. The van der Waals surface area contributed by atoms with Gasteiger partial charge in [-0.15, -0.1) is 0 Å². The number of piperidine rings is 1. The zero-order chi connectivity index (χ0) is 13.4. The van der Waals surface area contributed by atoms with Crippen molar-refractivity contribution >= 4 is 11.9 Å². The van der Waals surface area contributed by atoms with Gasteiger partial charge in [0.25, 0.3) is 0 Å². The van der Waals surface area contributed by atoms with Crippen molar-refractivity contribution in [3.05, 3.63) is 0 Å². The van der Waals surface area contributed by atoms with Crippen LogP contribution in [0.3, 0.4) is 0 Å². The van der Waals surface area contributed by atoms with Gasteiger partial charge in [0.1, 0.15) is 0 Å². The molecule has 0 aromatic rings. The number of likely N-dealkylation sites (tertiary alicyclic amines) is 1. The van der Waals surface area contributed by atoms with Crippen molar-refractivity contribution in [1.82, 2.24) is 4.90 Å². The van der Waals surface area contributed by atoms with E-state index in [1.807, 2.05) is 20.8 Å². The summed E-state index contributed by atoms with van der Waals surface area (Å²) in [4.78, 5) is 25.3. The topological polar surface area (TPSA) is 66.8 Å². The third-order valence-corrected chi connectivity index (χ3v) is 4.33. The van der Waals surface area contributed by atoms with Crippen LogP contribution in [0.5, 0.6) is 0 Å². The standard InChI is InChI=1S/C13H21NO4/c1-7-6-11(15)14(8(2)12(7)13(16)17)10-4-5-18-9(10)3/h7-10,12H,4-6H2,1-3H3,(H,16,17). The summed E-state index contributed by atoms with van der Waals surface area (Å²) in [5.41, 5.74) is 0. The fourth-order valence-electron chi connectivity index (χ4n) is 3.41. The van der Waals surface area contributed by atoms with Gasteiger partial charge in [-0.1, -0.05) is 6.92 Å². The Bertz CT molecular complexity index is 357. The van der Waals surface area contributed by atoms with Crippen molar-refractivity contribution in [2.75, 3.05) is 6.61 Å². The van der Waals surface area contributed by atoms with Gasteiger partial charge in [-0.3, -0.25) is 9.59 Å². The number of carbonyl (C=O) groups is 2. The molecule has 0 aliphatic carbocycles. The second-order valence-corrected chi connectivity index (χ2v) is 5.52. The average Bonchev–Trinajstić information content (AvgIpc) is 2.63. The first kappa shape index (κ1) is 13.3. The zero-order valence-corrected chi connectivity index (χ0v) is 11.1. The van der Waals surface area contributed by atoms with Gasteiger partial charge in [0.05, 0.1) is 18.1 Å². The molecule has 0 radical (unpaired) electrons. The number of hydrogen-bond acceptors (Lipinski definition) is 3. The van der Waals surface area contributed by atoms with Crippen LogP contribution in [0.25, 0.3) is 0 Å². The Labute approximate surface area is 107 Å². The van der Waals surface area contributed by atoms with Crippen molar-refractivity contribution in [2.45, 2.75) is 51.8 Å². The van der Waals surface area contributed by atoms with Gasteiger partial charge >= 0.3 is 5.97 Å². The lowest BCUT2D eigenvalue weighted by atomic mass is 9.80. The van der Waals surface area contributed by atoms with E-state index in [0.29, 0.717) is 13.0 Å². The summed E-state index contributed by atoms with van der Waals surface area (Å²) in [5, 5.41) is 9.32. The molecule has 5 unspecified atom stereocenters. The minimum absolute atomic E-state index is 0.000693. The molecular formula is C13H21NO4. The third-order valence-electron chi connectivity index (χ3n) is 4.33. The Morgan fingerprint density at radius 2 is 2.06 bits per heavy atom. The lowest BCUT2D eigenvalue weighted by Crippen LogP contribution is -2.58. The van der Waals surface area contributed by atoms with Crippen LogP contribution in [0.1, 0.15) is 33.6 Å². The second-order valence-electron chi connectivity index (χ2n) is 5.52. The first-order valence-corrected chi connectivity index (χ1v) is 6.59. The Morgan fingerprint density at radius 1 is 1.39 bits per heavy atom. The van der Waals surface area contributed by atoms with Gasteiger partial charge in [0.2, 0.25) is 5.91 Å². The maximum Gasteiger partial charge on any atom is 0.308 e. The largest absolute Gasteiger partial charge is 0.481 e. The highest BCUT2D eigenvalue weighted by atomic mass is 16.5. The van der Waals surface area contributed by atoms with Gasteiger partial charge in [-0.2, -0.15) is 0 Å². The molecule has 102 valence electrons. The average molecular weight is 255 g/mol. The van der Waals surface area contributed by atoms with E-state index in [1.54, 1.807) is 4.90 Å². The van der Waals surface area contributed by atoms with Gasteiger partial charge < -0.3 is 14.7 Å². The molecule has 0 spiro atoms. The predicted molar refractivity (Wildman–Crippen MR) is 65.0 cm³/mol. The van der Waals surface area contributed by atoms with Gasteiger partial charge in [0.15, 0.2) is 0 Å². The highest BCUT2D eigenvalue weighted by Gasteiger charge is 2.46. The van der Waals surface area contributed by atoms with E-state index >= 15 is 0 Å². The molecular weight excluding hydrogens is 234 g/mol. The van der Waals surface area contributed by atoms with Gasteiger partial charge in [-0.25, -0.2) is 0 Å². The number of hydrogen-bond donors (Lipinski definition) is 1. The second kappa shape index (κ2) is 4.88. The molecule has 2 saturated heterocycles. The van der Waals surface area contributed by atoms with Gasteiger partial charge in [-0.05, 0) is 26.2 Å². The monoisotopic (exact) mass is 255 g/mol. The summed E-state index contributed by atoms with van der Waals surface area (Å²) < 4.78 is 5.50. The molecule has 2 aliphatic heterocycles. The van der Waals surface area contributed by atoms with Crippen molar-refractivity contribution in [3.8, 4) is 0 Å². The molecule has 1 amide bonds. The van der Waals surface area contributed by atoms with E-state index in [1.165, 1.54) is 0 Å². The summed E-state index contributed by atoms with van der Waals surface area (Å²) in [5.74, 6) is -1.32. The van der Waals surface area contributed by atoms with E-state index in [2.05, 4.69) is 0 Å². The molecule has 0 aromatic heterocycles. The number of carbonyl (C=O) groups excluding carboxylic acids is 1. The van der Waals surface area contributed by atoms with E-state index in [-0.39, 0.29) is 30.0 Å². The maximum absolute atomic E-state index is 12.2. The smallest absolute Gasteiger partial charge is 0.308 e. The van der Waals surface area contributed by atoms with Crippen LogP contribution in [-0.4, -0.2) is 46.7 Å². The number of aliphatic carboxylic acids is 1. The van der Waals surface area contributed by atoms with E-state index in [0.717, 1.165) is 6.42 Å². The molecule has 0 saturated carbocycles. The summed E-state index contributed by atoms with van der Waals surface area (Å²) in [6, 6.07) is -0.227. The number of carboxylic acid groups (broad SMARTS) is 1. The highest BCUT2D eigenvalue weighted by Crippen LogP contribution is 2.34. The maximum atomic E-state index is 12.2. The zero-order valence-electron chi connectivity index (χ0n) is 11.1. The van der Waals surface area contributed by atoms with Crippen LogP contribution in [0, 0.1) is 11.8 Å². The first-order chi connectivity index (χ1) is 8.43. The molecule has 2 fully saturated rings. The quantitative estimate of drug-likeness (QED) is 0.803. The molecule has 18 heavy (non-hydrogen) atoms. The number of carboxylic acids is 1. The summed E-state index contributed by atoms with van der Waals surface area (Å²) in [6.07, 6.45) is 1.13. The van der Waals surface area contributed by atoms with Crippen LogP contribution in [0.15, 0.2) is 0 Å². The fourth-order valence-corrected chi connectivity index (χ4v) is 3.41. The Balaban J connectivity index is 2.23. The summed E-state index contributed by atoms with van der Waals surface area (Å²) in [6.45, 7) is 6.29. The van der Waals surface area contributed by atoms with Crippen LogP contribution in [-0.2, 0) is 14.3 Å². The van der Waals surface area contributed by atoms with Crippen molar-refractivity contribution < 1.29 is 19.4 Å². The summed E-state index contributed by atoms with van der Waals surface area (Å²) >= 11 is 0. The normalized spacial score (nSPS) is 41.2. The molecule has 0 bridgehead atoms. The fraction of sp³-hybridized carbons (Fsp3) is 0.846. The molecule has 0 aromatic carbocycles. The lowest BCUT2D eigenvalue weighted by Gasteiger charge is -2.44. The SMILES string of the molecule is CC1CC(=O)N(C2CCOC2C)C(C)C1C(=O)O. The number of amides is 1. The molecule has 2 aliphatic rings. The molecule has 2 heterocycles. The molecule has 1 N–H and O–H groups in total. The number of rotatable bonds is 2. The van der Waals surface area contributed by atoms with Crippen LogP contribution in [0.4, 0.5) is 0 Å². The van der Waals surface area contributed by atoms with E-state index < -0.39 is 11.9 Å². The molecule has 5 heteroatoms. The predicted octanol–water partition coefficient (Wildman–Crippen LogP) is 1.12. The van der Waals surface area contributed by atoms with Crippen molar-refractivity contribution in [2.24, 2.45) is 11.8 Å². The van der Waals surface area contributed by atoms with Crippen molar-refractivity contribution in [1.29, 1.82) is 0 Å². The Kier molecular flexibility index (Phi) is 3.61. The van der Waals surface area contributed by atoms with E-state index in [4.69, 9.17) is 4.74 Å². The Hall–Kier alpha value is -1.10. The van der Waals surface area contributed by atoms with Gasteiger partial charge in [0, 0.05) is 19.1 Å². The third kappa shape index (κ3) is 2.11. The number of nitrogens with zero attached hydrogens (tertiary/aromatic N) is 1. The lowest BCUT2D eigenvalue weighted by molar-refractivity contribution is -0.157. The minimum Gasteiger partial charge on any atom is -0.481 e. The molecule has 5 nitrogen and oxygen atoms in total. The molecule has 2 rings (SSSR count). The van der Waals surface area contributed by atoms with Crippen LogP contribution < -0.4 is 0 Å². The first-order valence-electron chi connectivity index (χ1n) is 6.59.